The second-order valence-electron chi connectivity index (χ2n) is 7.08. The van der Waals surface area contributed by atoms with Gasteiger partial charge in [0.05, 0.1) is 5.56 Å². The van der Waals surface area contributed by atoms with Crippen LogP contribution in [-0.4, -0.2) is 36.0 Å². The van der Waals surface area contributed by atoms with Gasteiger partial charge in [0.25, 0.3) is 0 Å². The molecule has 1 aromatic carbocycles. The van der Waals surface area contributed by atoms with E-state index < -0.39 is 11.7 Å². The van der Waals surface area contributed by atoms with Gasteiger partial charge in [-0.25, -0.2) is 4.98 Å². The van der Waals surface area contributed by atoms with Gasteiger partial charge in [0, 0.05) is 44.4 Å². The summed E-state index contributed by atoms with van der Waals surface area (Å²) in [6.07, 6.45) is -3.25. The number of hydrogen-bond acceptors (Lipinski definition) is 5. The standard InChI is InChI=1S/C20H24F3N5O/c1-13-11-17(24-2)27-19(26-13)28-9-7-14(8-10-28)18(29)25-12-15-5-3-4-6-16(15)20(21,22)23/h3-6,11,14H,7-10,12H2,1-2H3,(H,25,29)(H,24,26,27). The number of rotatable bonds is 5. The predicted octanol–water partition coefficient (Wildman–Crippen LogP) is 3.38. The van der Waals surface area contributed by atoms with Crippen molar-refractivity contribution in [3.63, 3.8) is 0 Å². The van der Waals surface area contributed by atoms with Crippen molar-refractivity contribution < 1.29 is 18.0 Å². The van der Waals surface area contributed by atoms with E-state index in [0.717, 1.165) is 17.6 Å². The molecule has 1 amide bonds. The average Bonchev–Trinajstić information content (AvgIpc) is 2.71. The van der Waals surface area contributed by atoms with E-state index in [1.807, 2.05) is 17.9 Å². The van der Waals surface area contributed by atoms with Gasteiger partial charge in [-0.15, -0.1) is 0 Å². The molecule has 0 aliphatic carbocycles. The highest BCUT2D eigenvalue weighted by Gasteiger charge is 2.33. The first-order valence-electron chi connectivity index (χ1n) is 9.49. The molecule has 3 rings (SSSR count). The Hall–Kier alpha value is -2.84. The van der Waals surface area contributed by atoms with Gasteiger partial charge in [-0.05, 0) is 31.4 Å². The topological polar surface area (TPSA) is 70.2 Å². The molecular weight excluding hydrogens is 383 g/mol. The molecule has 1 saturated heterocycles. The minimum absolute atomic E-state index is 0.0681. The van der Waals surface area contributed by atoms with E-state index in [1.165, 1.54) is 18.2 Å². The summed E-state index contributed by atoms with van der Waals surface area (Å²) in [5, 5.41) is 5.66. The first-order valence-corrected chi connectivity index (χ1v) is 9.49. The zero-order chi connectivity index (χ0) is 21.0. The molecule has 0 unspecified atom stereocenters. The lowest BCUT2D eigenvalue weighted by atomic mass is 9.96. The fraction of sp³-hybridized carbons (Fsp3) is 0.450. The first-order chi connectivity index (χ1) is 13.8. The summed E-state index contributed by atoms with van der Waals surface area (Å²) in [4.78, 5) is 23.4. The van der Waals surface area contributed by atoms with Gasteiger partial charge in [-0.2, -0.15) is 18.2 Å². The monoisotopic (exact) mass is 407 g/mol. The largest absolute Gasteiger partial charge is 0.416 e. The van der Waals surface area contributed by atoms with Gasteiger partial charge < -0.3 is 15.5 Å². The average molecular weight is 407 g/mol. The lowest BCUT2D eigenvalue weighted by Crippen LogP contribution is -2.41. The molecule has 9 heteroatoms. The number of anilines is 2. The maximum atomic E-state index is 13.1. The van der Waals surface area contributed by atoms with E-state index in [0.29, 0.717) is 31.9 Å². The number of alkyl halides is 3. The summed E-state index contributed by atoms with van der Waals surface area (Å²) in [6, 6.07) is 7.15. The molecule has 2 aromatic rings. The van der Waals surface area contributed by atoms with E-state index >= 15 is 0 Å². The number of halogens is 3. The summed E-state index contributed by atoms with van der Waals surface area (Å²) in [6.45, 7) is 2.99. The third-order valence-corrected chi connectivity index (χ3v) is 5.02. The fourth-order valence-electron chi connectivity index (χ4n) is 3.44. The molecule has 0 saturated carbocycles. The van der Waals surface area contributed by atoms with Crippen LogP contribution in [0.3, 0.4) is 0 Å². The van der Waals surface area contributed by atoms with Gasteiger partial charge in [-0.3, -0.25) is 4.79 Å². The SMILES string of the molecule is CNc1cc(C)nc(N2CCC(C(=O)NCc3ccccc3C(F)(F)F)CC2)n1. The minimum Gasteiger partial charge on any atom is -0.373 e. The van der Waals surface area contributed by atoms with Crippen LogP contribution in [0.2, 0.25) is 0 Å². The van der Waals surface area contributed by atoms with Crippen LogP contribution >= 0.6 is 0 Å². The number of hydrogen-bond donors (Lipinski definition) is 2. The van der Waals surface area contributed by atoms with Crippen LogP contribution in [0.5, 0.6) is 0 Å². The molecule has 2 N–H and O–H groups in total. The molecule has 0 radical (unpaired) electrons. The Bertz CT molecular complexity index is 863. The van der Waals surface area contributed by atoms with Crippen LogP contribution < -0.4 is 15.5 Å². The quantitative estimate of drug-likeness (QED) is 0.795. The summed E-state index contributed by atoms with van der Waals surface area (Å²) < 4.78 is 39.2. The van der Waals surface area contributed by atoms with Gasteiger partial charge in [0.1, 0.15) is 5.82 Å². The van der Waals surface area contributed by atoms with Crippen LogP contribution in [0, 0.1) is 12.8 Å². The highest BCUT2D eigenvalue weighted by atomic mass is 19.4. The van der Waals surface area contributed by atoms with Crippen molar-refractivity contribution in [2.75, 3.05) is 30.4 Å². The Morgan fingerprint density at radius 1 is 1.21 bits per heavy atom. The van der Waals surface area contributed by atoms with Gasteiger partial charge >= 0.3 is 6.18 Å². The van der Waals surface area contributed by atoms with Crippen molar-refractivity contribution in [2.24, 2.45) is 5.92 Å². The normalized spacial score (nSPS) is 15.3. The Kier molecular flexibility index (Phi) is 6.24. The van der Waals surface area contributed by atoms with Crippen molar-refractivity contribution in [1.29, 1.82) is 0 Å². The molecule has 0 atom stereocenters. The van der Waals surface area contributed by atoms with Crippen molar-refractivity contribution in [3.8, 4) is 0 Å². The van der Waals surface area contributed by atoms with Gasteiger partial charge in [0.2, 0.25) is 11.9 Å². The summed E-state index contributed by atoms with van der Waals surface area (Å²) >= 11 is 0. The molecular formula is C20H24F3N5O. The third-order valence-electron chi connectivity index (χ3n) is 5.02. The Balaban J connectivity index is 1.57. The molecule has 1 fully saturated rings. The molecule has 0 bridgehead atoms. The number of carbonyl (C=O) groups is 1. The number of nitrogens with zero attached hydrogens (tertiary/aromatic N) is 3. The number of carbonyl (C=O) groups excluding carboxylic acids is 1. The molecule has 6 nitrogen and oxygen atoms in total. The molecule has 1 aliphatic heterocycles. The Morgan fingerprint density at radius 3 is 2.55 bits per heavy atom. The van der Waals surface area contributed by atoms with Crippen molar-refractivity contribution in [1.82, 2.24) is 15.3 Å². The highest BCUT2D eigenvalue weighted by Crippen LogP contribution is 2.32. The zero-order valence-electron chi connectivity index (χ0n) is 16.4. The number of aryl methyl sites for hydroxylation is 1. The number of piperidine rings is 1. The van der Waals surface area contributed by atoms with E-state index in [2.05, 4.69) is 20.6 Å². The molecule has 2 heterocycles. The minimum atomic E-state index is -4.44. The molecule has 0 spiro atoms. The maximum absolute atomic E-state index is 13.1. The Labute approximate surface area is 167 Å². The fourth-order valence-corrected chi connectivity index (χ4v) is 3.44. The molecule has 1 aromatic heterocycles. The van der Waals surface area contributed by atoms with Gasteiger partial charge in [0.15, 0.2) is 0 Å². The van der Waals surface area contributed by atoms with Crippen molar-refractivity contribution >= 4 is 17.7 Å². The first kappa shape index (κ1) is 20.9. The summed E-state index contributed by atoms with van der Waals surface area (Å²) in [7, 11) is 1.79. The number of nitrogens with one attached hydrogen (secondary N) is 2. The van der Waals surface area contributed by atoms with E-state index in [4.69, 9.17) is 0 Å². The molecule has 29 heavy (non-hydrogen) atoms. The number of aromatic nitrogens is 2. The highest BCUT2D eigenvalue weighted by molar-refractivity contribution is 5.79. The van der Waals surface area contributed by atoms with E-state index in [-0.39, 0.29) is 23.9 Å². The summed E-state index contributed by atoms with van der Waals surface area (Å²) in [5.74, 6) is 0.892. The smallest absolute Gasteiger partial charge is 0.373 e. The third kappa shape index (κ3) is 5.16. The van der Waals surface area contributed by atoms with E-state index in [9.17, 15) is 18.0 Å². The van der Waals surface area contributed by atoms with Crippen LogP contribution in [0.4, 0.5) is 24.9 Å². The predicted molar refractivity (Wildman–Crippen MR) is 105 cm³/mol. The summed E-state index contributed by atoms with van der Waals surface area (Å²) in [5.41, 5.74) is 0.202. The zero-order valence-corrected chi connectivity index (χ0v) is 16.4. The maximum Gasteiger partial charge on any atom is 0.416 e. The van der Waals surface area contributed by atoms with Crippen LogP contribution in [0.1, 0.15) is 29.7 Å². The van der Waals surface area contributed by atoms with Crippen LogP contribution in [0.15, 0.2) is 30.3 Å². The lowest BCUT2D eigenvalue weighted by Gasteiger charge is -2.31. The van der Waals surface area contributed by atoms with Gasteiger partial charge in [-0.1, -0.05) is 18.2 Å². The number of benzene rings is 1. The molecule has 1 aliphatic rings. The Morgan fingerprint density at radius 2 is 1.90 bits per heavy atom. The molecule has 156 valence electrons. The second-order valence-corrected chi connectivity index (χ2v) is 7.08. The van der Waals surface area contributed by atoms with Crippen molar-refractivity contribution in [3.05, 3.63) is 47.2 Å². The lowest BCUT2D eigenvalue weighted by molar-refractivity contribution is -0.138. The van der Waals surface area contributed by atoms with Crippen molar-refractivity contribution in [2.45, 2.75) is 32.5 Å². The van der Waals surface area contributed by atoms with E-state index in [1.54, 1.807) is 7.05 Å². The van der Waals surface area contributed by atoms with Crippen LogP contribution in [0.25, 0.3) is 0 Å². The number of amides is 1. The second kappa shape index (κ2) is 8.67. The van der Waals surface area contributed by atoms with Crippen LogP contribution in [-0.2, 0) is 17.5 Å².